The highest BCUT2D eigenvalue weighted by atomic mass is 16.5. The molecule has 0 bridgehead atoms. The number of fused-ring (bicyclic) bond motifs is 5. The first-order chi connectivity index (χ1) is 15.6. The number of methoxy groups -OCH3 is 1. The van der Waals surface area contributed by atoms with E-state index in [4.69, 9.17) is 14.5 Å². The van der Waals surface area contributed by atoms with E-state index in [1.807, 2.05) is 31.2 Å². The predicted molar refractivity (Wildman–Crippen MR) is 124 cm³/mol. The van der Waals surface area contributed by atoms with Crippen LogP contribution < -0.4 is 10.1 Å². The van der Waals surface area contributed by atoms with E-state index in [2.05, 4.69) is 5.32 Å². The Balaban J connectivity index is 1.65. The quantitative estimate of drug-likeness (QED) is 0.579. The molecule has 32 heavy (non-hydrogen) atoms. The normalized spacial score (nSPS) is 18.0. The van der Waals surface area contributed by atoms with Gasteiger partial charge in [-0.15, -0.1) is 0 Å². The SMILES string of the molecule is COCCCCNc1cc2c(c3c1C(=O)c1ccccc1C3=O)N=C1C(C)=CC=CC1O2. The maximum Gasteiger partial charge on any atom is 0.196 e. The molecule has 1 aliphatic heterocycles. The molecule has 0 saturated carbocycles. The Kier molecular flexibility index (Phi) is 5.23. The molecule has 6 heteroatoms. The standard InChI is InChI=1S/C26H24N2O4/c1-15-8-7-11-19-23(15)28-24-20(32-19)14-18(27-12-5-6-13-31-2)21-22(24)26(30)17-10-4-3-9-16(17)25(21)29/h3-4,7-11,14,19,27H,5-6,12-13H2,1-2H3. The van der Waals surface area contributed by atoms with Gasteiger partial charge in [0.05, 0.1) is 16.8 Å². The summed E-state index contributed by atoms with van der Waals surface area (Å²) in [4.78, 5) is 31.9. The van der Waals surface area contributed by atoms with Crippen molar-refractivity contribution in [3.05, 3.63) is 76.4 Å². The minimum atomic E-state index is -0.304. The first-order valence-corrected chi connectivity index (χ1v) is 10.8. The fraction of sp³-hybridized carbons (Fsp3) is 0.269. The van der Waals surface area contributed by atoms with Crippen LogP contribution in [0.4, 0.5) is 11.4 Å². The van der Waals surface area contributed by atoms with Gasteiger partial charge >= 0.3 is 0 Å². The number of carbonyl (C=O) groups excluding carboxylic acids is 2. The fourth-order valence-corrected chi connectivity index (χ4v) is 4.39. The van der Waals surface area contributed by atoms with Crippen LogP contribution in [0.5, 0.6) is 5.75 Å². The summed E-state index contributed by atoms with van der Waals surface area (Å²) >= 11 is 0. The van der Waals surface area contributed by atoms with Gasteiger partial charge in [-0.3, -0.25) is 9.59 Å². The van der Waals surface area contributed by atoms with E-state index in [1.165, 1.54) is 0 Å². The van der Waals surface area contributed by atoms with Crippen LogP contribution in [0.25, 0.3) is 0 Å². The molecule has 1 atom stereocenters. The molecule has 0 radical (unpaired) electrons. The molecule has 2 aliphatic carbocycles. The van der Waals surface area contributed by atoms with Gasteiger partial charge in [0, 0.05) is 43.1 Å². The third kappa shape index (κ3) is 3.28. The van der Waals surface area contributed by atoms with Crippen LogP contribution >= 0.6 is 0 Å². The Labute approximate surface area is 186 Å². The van der Waals surface area contributed by atoms with Gasteiger partial charge in [-0.05, 0) is 31.4 Å². The zero-order chi connectivity index (χ0) is 22.2. The van der Waals surface area contributed by atoms with Gasteiger partial charge in [-0.2, -0.15) is 0 Å². The third-order valence-electron chi connectivity index (χ3n) is 6.02. The van der Waals surface area contributed by atoms with E-state index in [0.29, 0.717) is 52.5 Å². The number of benzene rings is 2. The second-order valence-corrected chi connectivity index (χ2v) is 8.12. The number of carbonyl (C=O) groups is 2. The number of hydrogen-bond donors (Lipinski definition) is 1. The van der Waals surface area contributed by atoms with Crippen LogP contribution in [-0.4, -0.2) is 43.6 Å². The summed E-state index contributed by atoms with van der Waals surface area (Å²) in [5.74, 6) is 0.140. The van der Waals surface area contributed by atoms with Crippen LogP contribution in [0.2, 0.25) is 0 Å². The minimum Gasteiger partial charge on any atom is -0.478 e. The van der Waals surface area contributed by atoms with Crippen molar-refractivity contribution in [2.45, 2.75) is 25.9 Å². The van der Waals surface area contributed by atoms with Gasteiger partial charge in [0.25, 0.3) is 0 Å². The second kappa shape index (κ2) is 8.20. The Bertz CT molecular complexity index is 1220. The van der Waals surface area contributed by atoms with Crippen molar-refractivity contribution < 1.29 is 19.1 Å². The number of hydrogen-bond acceptors (Lipinski definition) is 6. The second-order valence-electron chi connectivity index (χ2n) is 8.12. The van der Waals surface area contributed by atoms with Gasteiger partial charge in [0.1, 0.15) is 11.4 Å². The molecular formula is C26H24N2O4. The summed E-state index contributed by atoms with van der Waals surface area (Å²) < 4.78 is 11.4. The van der Waals surface area contributed by atoms with E-state index >= 15 is 0 Å². The van der Waals surface area contributed by atoms with Crippen molar-refractivity contribution in [2.75, 3.05) is 25.6 Å². The van der Waals surface area contributed by atoms with Crippen LogP contribution in [0.1, 0.15) is 51.6 Å². The number of aliphatic imine (C=N–C) groups is 1. The van der Waals surface area contributed by atoms with Crippen LogP contribution in [-0.2, 0) is 4.74 Å². The average molecular weight is 428 g/mol. The highest BCUT2D eigenvalue weighted by Gasteiger charge is 2.38. The lowest BCUT2D eigenvalue weighted by molar-refractivity contribution is 0.0979. The molecular weight excluding hydrogens is 404 g/mol. The molecule has 1 heterocycles. The van der Waals surface area contributed by atoms with Gasteiger partial charge in [0.2, 0.25) is 0 Å². The first-order valence-electron chi connectivity index (χ1n) is 10.8. The summed E-state index contributed by atoms with van der Waals surface area (Å²) in [6.45, 7) is 3.29. The molecule has 5 rings (SSSR count). The number of nitrogens with one attached hydrogen (secondary N) is 1. The molecule has 2 aromatic rings. The third-order valence-corrected chi connectivity index (χ3v) is 6.02. The van der Waals surface area contributed by atoms with Crippen molar-refractivity contribution >= 4 is 28.7 Å². The average Bonchev–Trinajstić information content (AvgIpc) is 2.81. The predicted octanol–water partition coefficient (Wildman–Crippen LogP) is 4.65. The molecule has 3 aliphatic rings. The highest BCUT2D eigenvalue weighted by molar-refractivity contribution is 6.32. The lowest BCUT2D eigenvalue weighted by Gasteiger charge is -2.30. The monoisotopic (exact) mass is 428 g/mol. The number of anilines is 1. The molecule has 162 valence electrons. The van der Waals surface area contributed by atoms with Crippen LogP contribution in [0, 0.1) is 0 Å². The molecule has 1 unspecified atom stereocenters. The van der Waals surface area contributed by atoms with Crippen molar-refractivity contribution in [2.24, 2.45) is 4.99 Å². The highest BCUT2D eigenvalue weighted by Crippen LogP contribution is 2.46. The summed E-state index contributed by atoms with van der Waals surface area (Å²) in [7, 11) is 1.68. The number of unbranched alkanes of at least 4 members (excludes halogenated alkanes) is 1. The van der Waals surface area contributed by atoms with E-state index < -0.39 is 0 Å². The van der Waals surface area contributed by atoms with Crippen molar-refractivity contribution in [1.82, 2.24) is 0 Å². The van der Waals surface area contributed by atoms with Crippen LogP contribution in [0.15, 0.2) is 59.1 Å². The van der Waals surface area contributed by atoms with E-state index in [-0.39, 0.29) is 17.7 Å². The number of allylic oxidation sites excluding steroid dienone is 2. The maximum atomic E-state index is 13.6. The van der Waals surface area contributed by atoms with Gasteiger partial charge in [-0.25, -0.2) is 4.99 Å². The molecule has 0 saturated heterocycles. The van der Waals surface area contributed by atoms with Gasteiger partial charge < -0.3 is 14.8 Å². The lowest BCUT2D eigenvalue weighted by Crippen LogP contribution is -2.32. The smallest absolute Gasteiger partial charge is 0.196 e. The number of ether oxygens (including phenoxy) is 2. The molecule has 6 nitrogen and oxygen atoms in total. The maximum absolute atomic E-state index is 13.6. The number of nitrogens with zero attached hydrogens (tertiary/aromatic N) is 1. The topological polar surface area (TPSA) is 77.0 Å². The lowest BCUT2D eigenvalue weighted by atomic mass is 9.81. The van der Waals surface area contributed by atoms with E-state index in [9.17, 15) is 9.59 Å². The molecule has 0 amide bonds. The first kappa shape index (κ1) is 20.4. The van der Waals surface area contributed by atoms with E-state index in [0.717, 1.165) is 24.1 Å². The Morgan fingerprint density at radius 2 is 1.84 bits per heavy atom. The minimum absolute atomic E-state index is 0.171. The van der Waals surface area contributed by atoms with Gasteiger partial charge in [-0.1, -0.05) is 36.4 Å². The zero-order valence-corrected chi connectivity index (χ0v) is 18.1. The largest absolute Gasteiger partial charge is 0.478 e. The van der Waals surface area contributed by atoms with E-state index in [1.54, 1.807) is 31.4 Å². The van der Waals surface area contributed by atoms with Crippen molar-refractivity contribution in [1.29, 1.82) is 0 Å². The van der Waals surface area contributed by atoms with Crippen molar-refractivity contribution in [3.63, 3.8) is 0 Å². The molecule has 0 spiro atoms. The fourth-order valence-electron chi connectivity index (χ4n) is 4.39. The Morgan fingerprint density at radius 3 is 2.59 bits per heavy atom. The Morgan fingerprint density at radius 1 is 1.09 bits per heavy atom. The Hall–Kier alpha value is -3.51. The summed E-state index contributed by atoms with van der Waals surface area (Å²) in [5, 5.41) is 3.36. The van der Waals surface area contributed by atoms with Gasteiger partial charge in [0.15, 0.2) is 17.7 Å². The number of ketones is 2. The molecule has 0 aromatic heterocycles. The summed E-state index contributed by atoms with van der Waals surface area (Å²) in [6, 6.07) is 8.77. The summed E-state index contributed by atoms with van der Waals surface area (Å²) in [6.07, 6.45) is 7.32. The summed E-state index contributed by atoms with van der Waals surface area (Å²) in [5.41, 5.74) is 4.31. The zero-order valence-electron chi connectivity index (χ0n) is 18.1. The molecule has 1 N–H and O–H groups in total. The van der Waals surface area contributed by atoms with Crippen LogP contribution in [0.3, 0.4) is 0 Å². The molecule has 0 fully saturated rings. The van der Waals surface area contributed by atoms with Crippen molar-refractivity contribution in [3.8, 4) is 5.75 Å². The molecule has 2 aromatic carbocycles. The number of rotatable bonds is 6.